The molecule has 0 aliphatic heterocycles. The van der Waals surface area contributed by atoms with Gasteiger partial charge in [-0.05, 0) is 101 Å². The predicted molar refractivity (Wildman–Crippen MR) is 376 cm³/mol. The van der Waals surface area contributed by atoms with E-state index in [4.69, 9.17) is 0 Å². The fraction of sp³-hybridized carbons (Fsp3) is 0. The van der Waals surface area contributed by atoms with Crippen LogP contribution >= 0.6 is 22.6 Å². The number of rotatable bonds is 72. The van der Waals surface area contributed by atoms with Gasteiger partial charge in [-0.25, -0.2) is 0 Å². The summed E-state index contributed by atoms with van der Waals surface area (Å²) in [5.41, 5.74) is 0. The molecule has 0 unspecified atom stereocenters. The predicted octanol–water partition coefficient (Wildman–Crippen LogP) is 26.8. The Hall–Kier alpha value is -28.6. The summed E-state index contributed by atoms with van der Waals surface area (Å²) >= 11 is 1.81. The minimum absolute atomic E-state index is 1.33. The molecule has 0 bridgehead atoms. The van der Waals surface area contributed by atoms with Crippen molar-refractivity contribution in [2.45, 2.75) is 0 Å². The highest BCUT2D eigenvalue weighted by Crippen LogP contribution is 2.03. The van der Waals surface area contributed by atoms with Gasteiger partial charge in [0.2, 0.25) is 0 Å². The van der Waals surface area contributed by atoms with E-state index >= 15 is 0 Å². The summed E-state index contributed by atoms with van der Waals surface area (Å²) in [6, 6.07) is 0. The van der Waals surface area contributed by atoms with Crippen LogP contribution in [0.2, 0.25) is 0 Å². The highest BCUT2D eigenvalue weighted by molar-refractivity contribution is 14.1. The zero-order valence-corrected chi connectivity index (χ0v) is 68.5. The number of halogens is 1. The van der Waals surface area contributed by atoms with E-state index in [9.17, 15) is 0 Å². The van der Waals surface area contributed by atoms with E-state index in [-0.39, 0.29) is 0 Å². The van der Waals surface area contributed by atoms with Gasteiger partial charge in [0.05, 0.1) is 4.22 Å². The van der Waals surface area contributed by atoms with Crippen molar-refractivity contribution < 1.29 is 0 Å². The van der Waals surface area contributed by atoms with Crippen LogP contribution < -0.4 is 5.84 Å². The second kappa shape index (κ2) is 118. The maximum absolute atomic E-state index is 4.64. The minimum atomic E-state index is 1.33. The summed E-state index contributed by atoms with van der Waals surface area (Å²) in [7, 11) is 0. The molecular formula is CH3IN146. The largest absolute Gasteiger partial charge is 0.303 e. The molecule has 0 saturated heterocycles. The second-order valence-corrected chi connectivity index (χ2v) is 13.7. The Morgan fingerprint density at radius 2 is 0.108 bits per heavy atom. The summed E-state index contributed by atoms with van der Waals surface area (Å²) in [4.78, 5) is 0. The lowest BCUT2D eigenvalue weighted by atomic mass is 11.7. The molecule has 0 aromatic carbocycles. The van der Waals surface area contributed by atoms with Crippen molar-refractivity contribution >= 4 is 26.8 Å². The molecule has 0 aliphatic rings. The molecule has 0 atom stereocenters. The molecule has 147 heteroatoms. The Bertz CT molecular complexity index is 5040. The SMILES string of the molecule is NN=NN=NN=NN=NN=NN=NN=NN=NN=NN=NN=NN=NN=NN=NN=NN=NN=NN=NN=NN=NN=NN=NN=NN=NN=NN=NN=NN=NN=NN=NN=NN=NN=NN=NN=NN=NN=NN=NN=NN=NN=NN=NN=NN=NN=NN=NN=NN=NN=NN=NN=NN=NN=NN=NN=NN=NN=NN=NN=NN=NN=NN=NN=NN=NN=NN=NN=NN=NN=NN=NN=NN=NN=CI. The van der Waals surface area contributed by atoms with E-state index < -0.39 is 0 Å². The van der Waals surface area contributed by atoms with Crippen LogP contribution in [0.4, 0.5) is 0 Å². The highest BCUT2D eigenvalue weighted by Gasteiger charge is 1.85. The average molecular weight is 2190 g/mol. The Labute approximate surface area is 788 Å². The van der Waals surface area contributed by atoms with Crippen molar-refractivity contribution in [2.24, 2.45) is 763 Å². The number of nitrogens with two attached hydrogens (primary N) is 1. The Morgan fingerprint density at radius 3 is 0.149 bits per heavy atom. The number of nitrogens with zero attached hydrogens (tertiary/aromatic N) is 145. The summed E-state index contributed by atoms with van der Waals surface area (Å²) in [6.07, 6.45) is 0. The molecule has 0 aromatic rings. The Kier molecular flexibility index (Phi) is 95.5. The zero-order chi connectivity index (χ0) is 105. The van der Waals surface area contributed by atoms with E-state index in [0.29, 0.717) is 0 Å². The maximum atomic E-state index is 4.64. The van der Waals surface area contributed by atoms with E-state index in [2.05, 4.69) is 763 Å². The standard InChI is InChI=1S/CH3IN146/c2-1-4-6-8-10-12-14-16-18-20-22-24-26-28-30-32-34-36-38-40-42-44-46-48-50-52-54-56-58-60-62-64-66-68-70-72-74-76-78-80-82-84-86-88-90-92-94-96-98-100-102-104-106-108-110-112-114-116-118-120-122-124-126-128-130-132-134-136-138-140-142-144-146-148-147-145-143-141-139-137-135-133-131-129-127-125-123-121-119-117-115-113-111-109-107-105-103-101-99-97-95-93-91-89-87-85-83-81-79-77-75-73-71-69-67-65-63-61-59-57-55-53-51-49-47-45-43-41-39-37-35-33-31-29-27-25-23-21-19-17-15-13-11-9-7-5-3/h1H,(H2,3,6,7,10,11,14,15,18,19,22,23,26,27,30,31,34,35,38,39,42,43,46,47,50,51,54,55,58,59,62,63,66,67,70,71,74,75,78,79,82,83,86,87,90,91,94,95,98,99,102,103,106,107,110,111,114,115,118,119,122,123,126,127,130,131,134,135,138,139,142,143,146,147). The molecule has 2 N–H and O–H groups in total. The summed E-state index contributed by atoms with van der Waals surface area (Å²) < 4.78 is 1.33. The van der Waals surface area contributed by atoms with Crippen molar-refractivity contribution in [2.75, 3.05) is 0 Å². The van der Waals surface area contributed by atoms with Gasteiger partial charge in [-0.2, -0.15) is 0 Å². The monoisotopic (exact) mass is 2190 g/mol. The third-order valence-electron chi connectivity index (χ3n) is 5.83. The van der Waals surface area contributed by atoms with Crippen molar-refractivity contribution in [1.82, 2.24) is 0 Å². The van der Waals surface area contributed by atoms with E-state index in [0.717, 1.165) is 0 Å². The molecule has 148 heavy (non-hydrogen) atoms. The third-order valence-corrected chi connectivity index (χ3v) is 6.08. The molecule has 0 rings (SSSR count). The van der Waals surface area contributed by atoms with Crippen LogP contribution in [0.5, 0.6) is 0 Å². The first-order valence-electron chi connectivity index (χ1n) is 29.5. The van der Waals surface area contributed by atoms with Crippen LogP contribution in [-0.4, -0.2) is 4.22 Å². The lowest BCUT2D eigenvalue weighted by molar-refractivity contribution is 0.722. The summed E-state index contributed by atoms with van der Waals surface area (Å²) in [6.45, 7) is 0. The third kappa shape index (κ3) is 117. The van der Waals surface area contributed by atoms with Crippen LogP contribution in [0.25, 0.3) is 0 Å². The molecule has 0 spiro atoms. The normalized spacial score (nSPS) is 15.8. The van der Waals surface area contributed by atoms with E-state index in [1.54, 1.807) is 0 Å². The first kappa shape index (κ1) is 119. The summed E-state index contributed by atoms with van der Waals surface area (Å²) in [5.74, 6) is 4.64. The van der Waals surface area contributed by atoms with Crippen molar-refractivity contribution in [3.8, 4) is 0 Å². The molecular weight excluding hydrogens is 2180 g/mol. The molecule has 0 radical (unpaired) electrons. The first-order chi connectivity index (χ1) is 73.9. The van der Waals surface area contributed by atoms with Crippen molar-refractivity contribution in [3.05, 3.63) is 0 Å². The average Bonchev–Trinajstić information content (AvgIpc) is 1.10. The lowest BCUT2D eigenvalue weighted by Crippen LogP contribution is -1.70. The summed E-state index contributed by atoms with van der Waals surface area (Å²) in [5, 5.41) is 435. The quantitative estimate of drug-likeness (QED) is 0.0200. The molecule has 0 amide bonds. The maximum Gasteiger partial charge on any atom is 0.0897 e. The van der Waals surface area contributed by atoms with Crippen LogP contribution in [-0.2, 0) is 0 Å². The minimum Gasteiger partial charge on any atom is -0.303 e. The van der Waals surface area contributed by atoms with E-state index in [1.807, 2.05) is 22.6 Å². The lowest BCUT2D eigenvalue weighted by Gasteiger charge is -1.71. The van der Waals surface area contributed by atoms with Gasteiger partial charge in [0.1, 0.15) is 0 Å². The van der Waals surface area contributed by atoms with Crippen LogP contribution in [0.3, 0.4) is 0 Å². The van der Waals surface area contributed by atoms with Gasteiger partial charge in [-0.1, -0.05) is 5.22 Å². The molecule has 0 aromatic heterocycles. The van der Waals surface area contributed by atoms with Gasteiger partial charge < -0.3 is 5.84 Å². The van der Waals surface area contributed by atoms with Gasteiger partial charge in [0.15, 0.2) is 0 Å². The van der Waals surface area contributed by atoms with Gasteiger partial charge >= 0.3 is 0 Å². The van der Waals surface area contributed by atoms with E-state index in [1.165, 1.54) is 4.22 Å². The fourth-order valence-electron chi connectivity index (χ4n) is 2.59. The molecule has 0 saturated carbocycles. The number of hydrogen-bond acceptors (Lipinski definition) is 2. The van der Waals surface area contributed by atoms with Crippen LogP contribution in [0.15, 0.2) is 757 Å². The van der Waals surface area contributed by atoms with Gasteiger partial charge in [-0.3, -0.25) is 0 Å². The Morgan fingerprint density at radius 1 is 0.0676 bits per heavy atom. The second-order valence-electron chi connectivity index (χ2n) is 13.1. The Balaban J connectivity index is 4.14. The number of hydrogen-bond donors (Lipinski definition) is 1. The fourth-order valence-corrected chi connectivity index (χ4v) is 2.70. The molecule has 0 heterocycles. The highest BCUT2D eigenvalue weighted by atomic mass is 127. The molecule has 0 fully saturated rings. The van der Waals surface area contributed by atoms with Crippen LogP contribution in [0.1, 0.15) is 0 Å². The smallest absolute Gasteiger partial charge is 0.0897 e. The first-order valence-corrected chi connectivity index (χ1v) is 30.8. The van der Waals surface area contributed by atoms with Gasteiger partial charge in [-0.15, -0.1) is 5.10 Å². The zero-order valence-electron chi connectivity index (χ0n) is 66.4. The van der Waals surface area contributed by atoms with Crippen molar-refractivity contribution in [1.29, 1.82) is 0 Å². The molecule has 744 valence electrons. The topological polar surface area (TPSA) is 1820 Å². The van der Waals surface area contributed by atoms with Gasteiger partial charge in [0.25, 0.3) is 0 Å². The van der Waals surface area contributed by atoms with Crippen molar-refractivity contribution in [3.63, 3.8) is 0 Å². The molecule has 146 nitrogen and oxygen atoms in total. The van der Waals surface area contributed by atoms with Gasteiger partial charge in [0, 0.05) is 669 Å². The molecule has 0 aliphatic carbocycles. The van der Waals surface area contributed by atoms with Crippen LogP contribution in [0, 0.1) is 0 Å².